The summed E-state index contributed by atoms with van der Waals surface area (Å²) in [6.45, 7) is 9.13. The molecule has 0 N–H and O–H groups in total. The van der Waals surface area contributed by atoms with Crippen molar-refractivity contribution in [2.75, 3.05) is 0 Å². The van der Waals surface area contributed by atoms with Gasteiger partial charge in [0.25, 0.3) is 0 Å². The molecule has 0 radical (unpaired) electrons. The van der Waals surface area contributed by atoms with Gasteiger partial charge < -0.3 is 0 Å². The van der Waals surface area contributed by atoms with Gasteiger partial charge in [-0.3, -0.25) is 0 Å². The first-order valence-corrected chi connectivity index (χ1v) is 13.9. The predicted octanol–water partition coefficient (Wildman–Crippen LogP) is 10.5. The van der Waals surface area contributed by atoms with Crippen LogP contribution in [-0.4, -0.2) is 0 Å². The van der Waals surface area contributed by atoms with Gasteiger partial charge in [0.05, 0.1) is 0 Å². The molecule has 0 spiro atoms. The molecule has 0 fully saturated rings. The van der Waals surface area contributed by atoms with Crippen LogP contribution < -0.4 is 0 Å². The van der Waals surface area contributed by atoms with Gasteiger partial charge in [-0.05, 0) is 68.4 Å². The van der Waals surface area contributed by atoms with Crippen molar-refractivity contribution in [3.63, 3.8) is 0 Å². The monoisotopic (exact) mass is 436 g/mol. The highest BCUT2D eigenvalue weighted by Crippen LogP contribution is 2.39. The predicted molar refractivity (Wildman–Crippen MR) is 143 cm³/mol. The Morgan fingerprint density at radius 3 is 1.84 bits per heavy atom. The van der Waals surface area contributed by atoms with Gasteiger partial charge in [0.15, 0.2) is 0 Å². The molecule has 31 heavy (non-hydrogen) atoms. The van der Waals surface area contributed by atoms with Crippen LogP contribution in [0.25, 0.3) is 20.2 Å². The summed E-state index contributed by atoms with van der Waals surface area (Å²) in [4.78, 5) is 0. The van der Waals surface area contributed by atoms with E-state index in [0.717, 1.165) is 0 Å². The number of hydrogen-bond acceptors (Lipinski definition) is 1. The van der Waals surface area contributed by atoms with E-state index in [1.807, 2.05) is 11.3 Å². The Morgan fingerprint density at radius 1 is 0.581 bits per heavy atom. The van der Waals surface area contributed by atoms with E-state index >= 15 is 0 Å². The minimum Gasteiger partial charge on any atom is -0.135 e. The Morgan fingerprint density at radius 2 is 1.16 bits per heavy atom. The molecule has 0 saturated heterocycles. The minimum absolute atomic E-state index is 1.24. The lowest BCUT2D eigenvalue weighted by atomic mass is 9.96. The number of fused-ring (bicyclic) bond motifs is 3. The lowest BCUT2D eigenvalue weighted by molar-refractivity contribution is 0.605. The third-order valence-corrected chi connectivity index (χ3v) is 8.19. The number of unbranched alkanes of at least 4 members (excludes halogenated alkanes) is 10. The smallest absolute Gasteiger partial charge is 0.0387 e. The van der Waals surface area contributed by atoms with Crippen LogP contribution in [0.15, 0.2) is 24.3 Å². The summed E-state index contributed by atoms with van der Waals surface area (Å²) in [5.74, 6) is 0. The molecule has 0 amide bonds. The molecule has 1 heteroatoms. The molecule has 0 bridgehead atoms. The van der Waals surface area contributed by atoms with Crippen LogP contribution in [0.2, 0.25) is 0 Å². The van der Waals surface area contributed by atoms with Crippen molar-refractivity contribution in [2.45, 2.75) is 118 Å². The summed E-state index contributed by atoms with van der Waals surface area (Å²) in [7, 11) is 0. The first kappa shape index (κ1) is 24.3. The van der Waals surface area contributed by atoms with Crippen LogP contribution in [-0.2, 0) is 12.8 Å². The van der Waals surface area contributed by atoms with Gasteiger partial charge in [0.1, 0.15) is 0 Å². The largest absolute Gasteiger partial charge is 0.135 e. The molecule has 0 aliphatic rings. The van der Waals surface area contributed by atoms with Crippen LogP contribution >= 0.6 is 11.3 Å². The normalized spacial score (nSPS) is 11.7. The van der Waals surface area contributed by atoms with Crippen LogP contribution in [0, 0.1) is 13.8 Å². The van der Waals surface area contributed by atoms with E-state index in [1.165, 1.54) is 116 Å². The van der Waals surface area contributed by atoms with Gasteiger partial charge in [-0.15, -0.1) is 11.3 Å². The van der Waals surface area contributed by atoms with Crippen LogP contribution in [0.1, 0.15) is 113 Å². The molecule has 1 heterocycles. The molecule has 170 valence electrons. The van der Waals surface area contributed by atoms with Crippen molar-refractivity contribution in [3.8, 4) is 0 Å². The standard InChI is InChI=1S/C30H44S/c1-5-7-9-11-13-15-17-25-21-26(18-16-14-12-10-8-6-2)30-28(22-25)27-20-23(3)19-24(4)29(27)31-30/h19-22H,5-18H2,1-4H3. The second-order valence-electron chi connectivity index (χ2n) is 9.73. The zero-order chi connectivity index (χ0) is 22.1. The second kappa shape index (κ2) is 12.6. The van der Waals surface area contributed by atoms with Gasteiger partial charge in [0.2, 0.25) is 0 Å². The summed E-state index contributed by atoms with van der Waals surface area (Å²) in [5.41, 5.74) is 6.03. The second-order valence-corrected chi connectivity index (χ2v) is 10.7. The van der Waals surface area contributed by atoms with Gasteiger partial charge in [-0.1, -0.05) is 95.8 Å². The number of thiophene rings is 1. The topological polar surface area (TPSA) is 0 Å². The number of hydrogen-bond donors (Lipinski definition) is 0. The molecular weight excluding hydrogens is 392 g/mol. The van der Waals surface area contributed by atoms with Crippen LogP contribution in [0.3, 0.4) is 0 Å². The van der Waals surface area contributed by atoms with Crippen molar-refractivity contribution in [2.24, 2.45) is 0 Å². The fourth-order valence-electron chi connectivity index (χ4n) is 5.00. The molecule has 0 saturated carbocycles. The maximum Gasteiger partial charge on any atom is 0.0387 e. The van der Waals surface area contributed by atoms with Gasteiger partial charge in [-0.25, -0.2) is 0 Å². The van der Waals surface area contributed by atoms with E-state index < -0.39 is 0 Å². The summed E-state index contributed by atoms with van der Waals surface area (Å²) >= 11 is 2.04. The maximum atomic E-state index is 2.57. The highest BCUT2D eigenvalue weighted by molar-refractivity contribution is 7.26. The van der Waals surface area contributed by atoms with Crippen molar-refractivity contribution < 1.29 is 0 Å². The third kappa shape index (κ3) is 6.82. The molecule has 1 aromatic heterocycles. The molecule has 0 unspecified atom stereocenters. The Balaban J connectivity index is 1.79. The molecule has 3 rings (SSSR count). The first-order chi connectivity index (χ1) is 15.1. The molecule has 0 nitrogen and oxygen atoms in total. The minimum atomic E-state index is 1.24. The lowest BCUT2D eigenvalue weighted by Crippen LogP contribution is -1.92. The highest BCUT2D eigenvalue weighted by atomic mass is 32.1. The van der Waals surface area contributed by atoms with Gasteiger partial charge in [-0.2, -0.15) is 0 Å². The average molecular weight is 437 g/mol. The van der Waals surface area contributed by atoms with E-state index in [4.69, 9.17) is 0 Å². The zero-order valence-electron chi connectivity index (χ0n) is 20.6. The fraction of sp³-hybridized carbons (Fsp3) is 0.600. The molecular formula is C30H44S. The average Bonchev–Trinajstić information content (AvgIpc) is 3.12. The maximum absolute atomic E-state index is 2.57. The molecule has 0 aliphatic carbocycles. The van der Waals surface area contributed by atoms with E-state index in [2.05, 4.69) is 52.0 Å². The molecule has 0 aliphatic heterocycles. The number of benzene rings is 2. The Labute approximate surface area is 195 Å². The molecule has 0 atom stereocenters. The van der Waals surface area contributed by atoms with E-state index in [0.29, 0.717) is 0 Å². The molecule has 3 aromatic rings. The Bertz CT molecular complexity index is 946. The quantitative estimate of drug-likeness (QED) is 0.220. The Kier molecular flexibility index (Phi) is 9.91. The lowest BCUT2D eigenvalue weighted by Gasteiger charge is -2.09. The van der Waals surface area contributed by atoms with Gasteiger partial charge in [0, 0.05) is 20.2 Å². The first-order valence-electron chi connectivity index (χ1n) is 13.1. The summed E-state index contributed by atoms with van der Waals surface area (Å²) in [6, 6.07) is 9.87. The van der Waals surface area contributed by atoms with Crippen molar-refractivity contribution >= 4 is 31.5 Å². The zero-order valence-corrected chi connectivity index (χ0v) is 21.4. The van der Waals surface area contributed by atoms with Gasteiger partial charge >= 0.3 is 0 Å². The number of rotatable bonds is 14. The van der Waals surface area contributed by atoms with Crippen LogP contribution in [0.4, 0.5) is 0 Å². The molecule has 2 aromatic carbocycles. The SMILES string of the molecule is CCCCCCCCc1cc(CCCCCCCC)c2sc3c(C)cc(C)cc3c2c1. The fourth-order valence-corrected chi connectivity index (χ4v) is 6.28. The summed E-state index contributed by atoms with van der Waals surface area (Å²) < 4.78 is 3.06. The number of aryl methyl sites for hydroxylation is 4. The van der Waals surface area contributed by atoms with E-state index in [1.54, 1.807) is 15.8 Å². The van der Waals surface area contributed by atoms with Crippen LogP contribution in [0.5, 0.6) is 0 Å². The Hall–Kier alpha value is -1.34. The highest BCUT2D eigenvalue weighted by Gasteiger charge is 2.13. The summed E-state index contributed by atoms with van der Waals surface area (Å²) in [6.07, 6.45) is 19.0. The third-order valence-electron chi connectivity index (χ3n) is 6.76. The van der Waals surface area contributed by atoms with Crippen molar-refractivity contribution in [3.05, 3.63) is 46.5 Å². The summed E-state index contributed by atoms with van der Waals surface area (Å²) in [5, 5.41) is 3.02. The van der Waals surface area contributed by atoms with Crippen molar-refractivity contribution in [1.82, 2.24) is 0 Å². The van der Waals surface area contributed by atoms with E-state index in [9.17, 15) is 0 Å². The van der Waals surface area contributed by atoms with Crippen molar-refractivity contribution in [1.29, 1.82) is 0 Å². The van der Waals surface area contributed by atoms with E-state index in [-0.39, 0.29) is 0 Å².